The van der Waals surface area contributed by atoms with Crippen LogP contribution in [0.2, 0.25) is 0 Å². The molecule has 6 unspecified atom stereocenters. The van der Waals surface area contributed by atoms with E-state index in [2.05, 4.69) is 0 Å². The number of rotatable bonds is 1. The molecule has 5 heterocycles. The van der Waals surface area contributed by atoms with Crippen LogP contribution in [-0.4, -0.2) is 58.9 Å². The third-order valence-corrected chi connectivity index (χ3v) is 10.7. The Bertz CT molecular complexity index is 1160. The molecule has 35 heavy (non-hydrogen) atoms. The highest BCUT2D eigenvalue weighted by Gasteiger charge is 2.90. The second-order valence-electron chi connectivity index (χ2n) is 12.3. The number of furan rings is 1. The van der Waals surface area contributed by atoms with Gasteiger partial charge in [0.2, 0.25) is 0 Å². The van der Waals surface area contributed by atoms with Gasteiger partial charge in [-0.1, -0.05) is 13.8 Å². The predicted molar refractivity (Wildman–Crippen MR) is 116 cm³/mol. The van der Waals surface area contributed by atoms with Crippen LogP contribution >= 0.6 is 0 Å². The summed E-state index contributed by atoms with van der Waals surface area (Å²) in [5.74, 6) is -2.09. The van der Waals surface area contributed by atoms with Crippen molar-refractivity contribution < 1.29 is 42.9 Å². The lowest BCUT2D eigenvalue weighted by atomic mass is 9.36. The quantitative estimate of drug-likeness (QED) is 0.469. The van der Waals surface area contributed by atoms with Crippen molar-refractivity contribution >= 4 is 17.7 Å². The van der Waals surface area contributed by atoms with Crippen LogP contribution in [0.1, 0.15) is 58.6 Å². The van der Waals surface area contributed by atoms with Crippen molar-refractivity contribution in [1.82, 2.24) is 0 Å². The lowest BCUT2D eigenvalue weighted by molar-refractivity contribution is -0.252. The van der Waals surface area contributed by atoms with Gasteiger partial charge in [-0.05, 0) is 38.7 Å². The highest BCUT2D eigenvalue weighted by molar-refractivity contribution is 5.92. The Kier molecular flexibility index (Phi) is 3.88. The summed E-state index contributed by atoms with van der Waals surface area (Å²) in [4.78, 5) is 39.6. The first-order chi connectivity index (χ1) is 16.4. The maximum atomic E-state index is 14.1. The number of epoxide rings is 1. The van der Waals surface area contributed by atoms with E-state index in [1.54, 1.807) is 12.3 Å². The zero-order valence-electron chi connectivity index (χ0n) is 20.2. The number of esters is 2. The summed E-state index contributed by atoms with van der Waals surface area (Å²) in [7, 11) is 0. The maximum absolute atomic E-state index is 14.1. The Balaban J connectivity index is 1.43. The first kappa shape index (κ1) is 22.0. The average molecular weight is 487 g/mol. The average Bonchev–Trinajstić information content (AvgIpc) is 3.26. The van der Waals surface area contributed by atoms with Crippen LogP contribution < -0.4 is 0 Å². The molecular formula is C26H30O9. The van der Waals surface area contributed by atoms with Crippen molar-refractivity contribution in [3.8, 4) is 0 Å². The van der Waals surface area contributed by atoms with Crippen molar-refractivity contribution in [2.24, 2.45) is 28.1 Å². The number of hydrogen-bond acceptors (Lipinski definition) is 9. The molecule has 9 heteroatoms. The SMILES string of the molecule is CC1(C)OC2CC(=O)OCC23C1C(=O)C(O)[C@]1(C)C3CC[C@@]2(C)[C@H](c3ccoc3)OC(=O)[C@H]3OC312. The number of hydrogen-bond donors (Lipinski definition) is 1. The van der Waals surface area contributed by atoms with Gasteiger partial charge in [-0.3, -0.25) is 9.59 Å². The van der Waals surface area contributed by atoms with Gasteiger partial charge in [0, 0.05) is 21.8 Å². The van der Waals surface area contributed by atoms with E-state index in [0.29, 0.717) is 12.8 Å². The van der Waals surface area contributed by atoms with Crippen molar-refractivity contribution in [1.29, 1.82) is 0 Å². The van der Waals surface area contributed by atoms with Crippen LogP contribution in [0.15, 0.2) is 23.0 Å². The van der Waals surface area contributed by atoms with Crippen molar-refractivity contribution in [3.63, 3.8) is 0 Å². The summed E-state index contributed by atoms with van der Waals surface area (Å²) in [6.45, 7) is 7.66. The molecule has 2 spiro atoms. The van der Waals surface area contributed by atoms with Gasteiger partial charge in [-0.25, -0.2) is 4.79 Å². The molecule has 1 aromatic heterocycles. The smallest absolute Gasteiger partial charge is 0.339 e. The first-order valence-electron chi connectivity index (χ1n) is 12.4. The van der Waals surface area contributed by atoms with Crippen LogP contribution in [0.25, 0.3) is 0 Å². The van der Waals surface area contributed by atoms with Crippen molar-refractivity contribution in [2.75, 3.05) is 6.61 Å². The molecule has 4 saturated heterocycles. The number of aliphatic hydroxyl groups excluding tert-OH is 1. The van der Waals surface area contributed by atoms with E-state index in [0.717, 1.165) is 5.56 Å². The molecular weight excluding hydrogens is 456 g/mol. The van der Waals surface area contributed by atoms with Gasteiger partial charge in [0.1, 0.15) is 24.4 Å². The molecule has 10 atom stereocenters. The van der Waals surface area contributed by atoms with Crippen LogP contribution in [0.3, 0.4) is 0 Å². The largest absolute Gasteiger partial charge is 0.472 e. The Morgan fingerprint density at radius 3 is 2.54 bits per heavy atom. The molecule has 0 aromatic carbocycles. The Morgan fingerprint density at radius 1 is 1.06 bits per heavy atom. The summed E-state index contributed by atoms with van der Waals surface area (Å²) < 4.78 is 29.6. The summed E-state index contributed by atoms with van der Waals surface area (Å²) in [5, 5.41) is 11.8. The molecule has 2 saturated carbocycles. The summed E-state index contributed by atoms with van der Waals surface area (Å²) in [5.41, 5.74) is -3.90. The van der Waals surface area contributed by atoms with E-state index in [4.69, 9.17) is 23.4 Å². The van der Waals surface area contributed by atoms with Gasteiger partial charge < -0.3 is 28.5 Å². The molecule has 1 aromatic rings. The fourth-order valence-electron chi connectivity index (χ4n) is 9.52. The Morgan fingerprint density at radius 2 is 1.83 bits per heavy atom. The van der Waals surface area contributed by atoms with Crippen LogP contribution in [-0.2, 0) is 33.3 Å². The summed E-state index contributed by atoms with van der Waals surface area (Å²) >= 11 is 0. The molecule has 6 aliphatic rings. The predicted octanol–water partition coefficient (Wildman–Crippen LogP) is 2.11. The molecule has 0 amide bonds. The van der Waals surface area contributed by atoms with E-state index >= 15 is 0 Å². The van der Waals surface area contributed by atoms with Gasteiger partial charge in [0.15, 0.2) is 11.9 Å². The number of aliphatic hydroxyl groups is 1. The lowest BCUT2D eigenvalue weighted by Crippen LogP contribution is -2.76. The fourth-order valence-corrected chi connectivity index (χ4v) is 9.52. The van der Waals surface area contributed by atoms with Gasteiger partial charge in [-0.15, -0.1) is 0 Å². The molecule has 6 fully saturated rings. The van der Waals surface area contributed by atoms with Gasteiger partial charge in [0.05, 0.1) is 36.6 Å². The molecule has 9 nitrogen and oxygen atoms in total. The van der Waals surface area contributed by atoms with Crippen LogP contribution in [0, 0.1) is 28.1 Å². The minimum Gasteiger partial charge on any atom is -0.472 e. The van der Waals surface area contributed by atoms with Gasteiger partial charge in [0.25, 0.3) is 0 Å². The van der Waals surface area contributed by atoms with Crippen molar-refractivity contribution in [2.45, 2.75) is 82.6 Å². The monoisotopic (exact) mass is 486 g/mol. The maximum Gasteiger partial charge on any atom is 0.339 e. The number of Topliss-reactive ketones (excluding diaryl/α,β-unsaturated/α-hetero) is 1. The second kappa shape index (κ2) is 6.18. The van der Waals surface area contributed by atoms with Gasteiger partial charge in [-0.2, -0.15) is 0 Å². The number of fused-ring (bicyclic) bond motifs is 1. The Labute approximate surface area is 202 Å². The number of ketones is 1. The number of carbonyl (C=O) groups is 3. The molecule has 188 valence electrons. The molecule has 0 bridgehead atoms. The molecule has 2 aliphatic carbocycles. The number of carbonyl (C=O) groups excluding carboxylic acids is 3. The highest BCUT2D eigenvalue weighted by atomic mass is 16.7. The Hall–Kier alpha value is -2.23. The lowest BCUT2D eigenvalue weighted by Gasteiger charge is -2.66. The second-order valence-corrected chi connectivity index (χ2v) is 12.3. The molecule has 4 aliphatic heterocycles. The van der Waals surface area contributed by atoms with Crippen molar-refractivity contribution in [3.05, 3.63) is 24.2 Å². The molecule has 7 rings (SSSR count). The number of cyclic esters (lactones) is 2. The van der Waals surface area contributed by atoms with E-state index < -0.39 is 63.8 Å². The molecule has 0 radical (unpaired) electrons. The van der Waals surface area contributed by atoms with E-state index in [1.807, 2.05) is 27.7 Å². The number of ether oxygens (including phenoxy) is 4. The first-order valence-corrected chi connectivity index (χ1v) is 12.4. The third-order valence-electron chi connectivity index (χ3n) is 10.7. The van der Waals surface area contributed by atoms with E-state index in [1.165, 1.54) is 6.26 Å². The fraction of sp³-hybridized carbons (Fsp3) is 0.731. The summed E-state index contributed by atoms with van der Waals surface area (Å²) in [6.07, 6.45) is 1.02. The normalized spacial score (nSPS) is 53.3. The molecule has 1 N–H and O–H groups in total. The topological polar surface area (TPSA) is 125 Å². The van der Waals surface area contributed by atoms with E-state index in [-0.39, 0.29) is 30.7 Å². The van der Waals surface area contributed by atoms with E-state index in [9.17, 15) is 19.5 Å². The highest BCUT2D eigenvalue weighted by Crippen LogP contribution is 2.80. The minimum absolute atomic E-state index is 0.0520. The third kappa shape index (κ3) is 2.14. The zero-order chi connectivity index (χ0) is 24.8. The zero-order valence-corrected chi connectivity index (χ0v) is 20.2. The van der Waals surface area contributed by atoms with Crippen LogP contribution in [0.5, 0.6) is 0 Å². The van der Waals surface area contributed by atoms with Gasteiger partial charge >= 0.3 is 11.9 Å². The standard InChI is InChI=1S/C26H30O9/c1-22(2)17-16(28)18(29)24(4)13(25(17)11-32-15(27)9-14(25)34-22)5-7-23(3)19(12-6-8-31-10-12)33-21(30)20-26(23,24)35-20/h6,8,10,13-14,17-20,29H,5,7,9,11H2,1-4H3/t13?,14?,17?,18?,19-,20+,23-,24-,25?,26?/m0/s1. The minimum atomic E-state index is -1.37. The van der Waals surface area contributed by atoms with Crippen LogP contribution in [0.4, 0.5) is 0 Å². The summed E-state index contributed by atoms with van der Waals surface area (Å²) in [6, 6.07) is 1.77.